The van der Waals surface area contributed by atoms with Gasteiger partial charge in [-0.15, -0.1) is 0 Å². The number of amides is 3. The minimum Gasteiger partial charge on any atom is -0.497 e. The quantitative estimate of drug-likeness (QED) is 0.285. The van der Waals surface area contributed by atoms with Crippen LogP contribution in [0.1, 0.15) is 26.2 Å². The number of allylic oxidation sites excluding steroid dienone is 2. The Labute approximate surface area is 203 Å². The van der Waals surface area contributed by atoms with Crippen LogP contribution >= 0.6 is 0 Å². The van der Waals surface area contributed by atoms with E-state index in [9.17, 15) is 19.2 Å². The number of esters is 1. The zero-order valence-electron chi connectivity index (χ0n) is 19.6. The molecule has 0 saturated carbocycles. The van der Waals surface area contributed by atoms with Gasteiger partial charge in [-0.2, -0.15) is 0 Å². The van der Waals surface area contributed by atoms with Crippen LogP contribution in [0.15, 0.2) is 60.2 Å². The first-order valence-corrected chi connectivity index (χ1v) is 11.7. The SMILES string of the molecule is COc1ccc(N2CC(C(=O)Oc3cccc(N4C(=O)C5CC=C(C)CC5C4=O)c3)CC2=O)cc1. The molecule has 5 rings (SSSR count). The van der Waals surface area contributed by atoms with E-state index in [1.165, 1.54) is 11.0 Å². The van der Waals surface area contributed by atoms with Gasteiger partial charge >= 0.3 is 5.97 Å². The highest BCUT2D eigenvalue weighted by molar-refractivity contribution is 6.22. The molecular weight excluding hydrogens is 448 g/mol. The van der Waals surface area contributed by atoms with Gasteiger partial charge in [0, 0.05) is 24.7 Å². The second kappa shape index (κ2) is 9.02. The maximum Gasteiger partial charge on any atom is 0.316 e. The first-order chi connectivity index (χ1) is 16.9. The van der Waals surface area contributed by atoms with Crippen molar-refractivity contribution in [2.24, 2.45) is 17.8 Å². The first kappa shape index (κ1) is 22.8. The van der Waals surface area contributed by atoms with Crippen molar-refractivity contribution in [1.29, 1.82) is 0 Å². The number of ether oxygens (including phenoxy) is 2. The van der Waals surface area contributed by atoms with Gasteiger partial charge in [0.1, 0.15) is 11.5 Å². The topological polar surface area (TPSA) is 93.2 Å². The van der Waals surface area contributed by atoms with Crippen molar-refractivity contribution in [2.75, 3.05) is 23.5 Å². The van der Waals surface area contributed by atoms with E-state index in [1.54, 1.807) is 54.5 Å². The predicted molar refractivity (Wildman–Crippen MR) is 128 cm³/mol. The summed E-state index contributed by atoms with van der Waals surface area (Å²) in [7, 11) is 1.57. The van der Waals surface area contributed by atoms with Gasteiger partial charge in [0.2, 0.25) is 17.7 Å². The number of hydrogen-bond acceptors (Lipinski definition) is 6. The number of carbonyl (C=O) groups excluding carboxylic acids is 4. The van der Waals surface area contributed by atoms with E-state index in [4.69, 9.17) is 9.47 Å². The number of imide groups is 1. The molecule has 2 fully saturated rings. The summed E-state index contributed by atoms with van der Waals surface area (Å²) in [4.78, 5) is 54.1. The number of rotatable bonds is 5. The van der Waals surface area contributed by atoms with E-state index in [-0.39, 0.29) is 48.3 Å². The molecule has 3 aliphatic rings. The van der Waals surface area contributed by atoms with E-state index in [1.807, 2.05) is 13.0 Å². The summed E-state index contributed by atoms with van der Waals surface area (Å²) < 4.78 is 10.7. The fourth-order valence-electron chi connectivity index (χ4n) is 5.05. The highest BCUT2D eigenvalue weighted by Gasteiger charge is 2.48. The number of carbonyl (C=O) groups is 4. The lowest BCUT2D eigenvalue weighted by atomic mass is 9.82. The van der Waals surface area contributed by atoms with Gasteiger partial charge < -0.3 is 14.4 Å². The Morgan fingerprint density at radius 2 is 1.66 bits per heavy atom. The average Bonchev–Trinajstić information content (AvgIpc) is 3.36. The highest BCUT2D eigenvalue weighted by atomic mass is 16.5. The van der Waals surface area contributed by atoms with Crippen LogP contribution in [0.3, 0.4) is 0 Å². The molecule has 2 aromatic rings. The Morgan fingerprint density at radius 3 is 2.40 bits per heavy atom. The van der Waals surface area contributed by atoms with Gasteiger partial charge in [-0.05, 0) is 56.2 Å². The molecule has 0 aromatic heterocycles. The molecule has 2 heterocycles. The number of benzene rings is 2. The Balaban J connectivity index is 1.28. The summed E-state index contributed by atoms with van der Waals surface area (Å²) in [5.74, 6) is -1.52. The van der Waals surface area contributed by atoms with Gasteiger partial charge in [0.05, 0.1) is 30.6 Å². The maximum atomic E-state index is 13.0. The molecule has 1 aliphatic carbocycles. The molecule has 8 heteroatoms. The highest BCUT2D eigenvalue weighted by Crippen LogP contribution is 2.40. The number of nitrogens with zero attached hydrogens (tertiary/aromatic N) is 2. The Morgan fingerprint density at radius 1 is 0.914 bits per heavy atom. The predicted octanol–water partition coefficient (Wildman–Crippen LogP) is 3.50. The molecule has 3 unspecified atom stereocenters. The standard InChI is InChI=1S/C27H26N2O6/c1-16-6-11-22-23(12-16)26(32)29(25(22)31)19-4-3-5-21(14-19)35-27(33)17-13-24(30)28(15-17)18-7-9-20(34-2)10-8-18/h3-10,14,17,22-23H,11-13,15H2,1-2H3. The molecule has 0 spiro atoms. The zero-order valence-corrected chi connectivity index (χ0v) is 19.6. The zero-order chi connectivity index (χ0) is 24.7. The summed E-state index contributed by atoms with van der Waals surface area (Å²) >= 11 is 0. The largest absolute Gasteiger partial charge is 0.497 e. The van der Waals surface area contributed by atoms with Crippen LogP contribution in [-0.2, 0) is 19.2 Å². The number of hydrogen-bond donors (Lipinski definition) is 0. The molecule has 180 valence electrons. The number of fused-ring (bicyclic) bond motifs is 1. The van der Waals surface area contributed by atoms with Crippen molar-refractivity contribution in [3.05, 3.63) is 60.2 Å². The Kier molecular flexibility index (Phi) is 5.88. The maximum absolute atomic E-state index is 13.0. The van der Waals surface area contributed by atoms with Crippen LogP contribution in [0.2, 0.25) is 0 Å². The molecule has 3 atom stereocenters. The molecule has 0 bridgehead atoms. The van der Waals surface area contributed by atoms with Crippen LogP contribution in [0, 0.1) is 17.8 Å². The Bertz CT molecular complexity index is 1230. The number of methoxy groups -OCH3 is 1. The lowest BCUT2D eigenvalue weighted by Gasteiger charge is -2.18. The van der Waals surface area contributed by atoms with Crippen molar-refractivity contribution < 1.29 is 28.7 Å². The van der Waals surface area contributed by atoms with Crippen LogP contribution in [-0.4, -0.2) is 37.3 Å². The second-order valence-electron chi connectivity index (χ2n) is 9.24. The second-order valence-corrected chi connectivity index (χ2v) is 9.24. The summed E-state index contributed by atoms with van der Waals surface area (Å²) in [6, 6.07) is 13.5. The van der Waals surface area contributed by atoms with Crippen molar-refractivity contribution >= 4 is 35.1 Å². The van der Waals surface area contributed by atoms with Crippen LogP contribution in [0.5, 0.6) is 11.5 Å². The molecule has 35 heavy (non-hydrogen) atoms. The van der Waals surface area contributed by atoms with Gasteiger partial charge in [0.15, 0.2) is 0 Å². The minimum atomic E-state index is -0.625. The molecule has 2 saturated heterocycles. The first-order valence-electron chi connectivity index (χ1n) is 11.7. The lowest BCUT2D eigenvalue weighted by Crippen LogP contribution is -2.31. The third kappa shape index (κ3) is 4.20. The van der Waals surface area contributed by atoms with Gasteiger partial charge in [0.25, 0.3) is 0 Å². The molecule has 2 aromatic carbocycles. The third-order valence-corrected chi connectivity index (χ3v) is 6.96. The monoisotopic (exact) mass is 474 g/mol. The number of anilines is 2. The fourth-order valence-corrected chi connectivity index (χ4v) is 5.05. The molecular formula is C27H26N2O6. The van der Waals surface area contributed by atoms with Crippen LogP contribution in [0.25, 0.3) is 0 Å². The van der Waals surface area contributed by atoms with Crippen LogP contribution < -0.4 is 19.3 Å². The van der Waals surface area contributed by atoms with Crippen molar-refractivity contribution in [3.8, 4) is 11.5 Å². The van der Waals surface area contributed by atoms with E-state index >= 15 is 0 Å². The Hall–Kier alpha value is -3.94. The third-order valence-electron chi connectivity index (χ3n) is 6.96. The molecule has 3 amide bonds. The molecule has 0 N–H and O–H groups in total. The van der Waals surface area contributed by atoms with Gasteiger partial charge in [-0.1, -0.05) is 17.7 Å². The van der Waals surface area contributed by atoms with Crippen molar-refractivity contribution in [3.63, 3.8) is 0 Å². The van der Waals surface area contributed by atoms with Gasteiger partial charge in [-0.25, -0.2) is 4.90 Å². The van der Waals surface area contributed by atoms with E-state index in [2.05, 4.69) is 0 Å². The van der Waals surface area contributed by atoms with E-state index < -0.39 is 11.9 Å². The lowest BCUT2D eigenvalue weighted by molar-refractivity contribution is -0.139. The summed E-state index contributed by atoms with van der Waals surface area (Å²) in [6.07, 6.45) is 3.21. The van der Waals surface area contributed by atoms with Gasteiger partial charge in [-0.3, -0.25) is 19.2 Å². The summed E-state index contributed by atoms with van der Waals surface area (Å²) in [5.41, 5.74) is 2.19. The summed E-state index contributed by atoms with van der Waals surface area (Å²) in [6.45, 7) is 2.18. The van der Waals surface area contributed by atoms with Crippen LogP contribution in [0.4, 0.5) is 11.4 Å². The van der Waals surface area contributed by atoms with Crippen molar-refractivity contribution in [2.45, 2.75) is 26.2 Å². The fraction of sp³-hybridized carbons (Fsp3) is 0.333. The minimum absolute atomic E-state index is 0.0450. The van der Waals surface area contributed by atoms with E-state index in [0.717, 1.165) is 5.57 Å². The average molecular weight is 475 g/mol. The van der Waals surface area contributed by atoms with Crippen molar-refractivity contribution in [1.82, 2.24) is 0 Å². The molecule has 0 radical (unpaired) electrons. The normalized spacial score (nSPS) is 23.9. The summed E-state index contributed by atoms with van der Waals surface area (Å²) in [5, 5.41) is 0. The smallest absolute Gasteiger partial charge is 0.316 e. The molecule has 8 nitrogen and oxygen atoms in total. The van der Waals surface area contributed by atoms with E-state index in [0.29, 0.717) is 30.0 Å². The molecule has 2 aliphatic heterocycles.